The molecule has 1 N–H and O–H groups in total. The Hall–Kier alpha value is -1.38. The van der Waals surface area contributed by atoms with Crippen LogP contribution in [0.25, 0.3) is 0 Å². The van der Waals surface area contributed by atoms with Crippen LogP contribution in [0.1, 0.15) is 19.7 Å². The van der Waals surface area contributed by atoms with Crippen LogP contribution in [-0.2, 0) is 9.84 Å². The first-order valence-electron chi connectivity index (χ1n) is 6.72. The van der Waals surface area contributed by atoms with Gasteiger partial charge in [-0.3, -0.25) is 0 Å². The summed E-state index contributed by atoms with van der Waals surface area (Å²) in [5.41, 5.74) is 0.339. The molecule has 2 aromatic heterocycles. The van der Waals surface area contributed by atoms with Crippen LogP contribution in [0.5, 0.6) is 0 Å². The van der Waals surface area contributed by atoms with Crippen molar-refractivity contribution in [1.82, 2.24) is 15.0 Å². The van der Waals surface area contributed by atoms with Crippen LogP contribution >= 0.6 is 24.2 Å². The Labute approximate surface area is 147 Å². The number of aryl methyl sites for hydroxylation is 1. The first-order valence-corrected chi connectivity index (χ1v) is 9.54. The molecule has 6 nitrogen and oxygen atoms in total. The van der Waals surface area contributed by atoms with Gasteiger partial charge < -0.3 is 5.32 Å². The highest BCUT2D eigenvalue weighted by atomic mass is 35.5. The molecule has 0 aliphatic carbocycles. The molecule has 9 heteroatoms. The van der Waals surface area contributed by atoms with E-state index in [4.69, 9.17) is 11.6 Å². The molecule has 0 aliphatic heterocycles. The van der Waals surface area contributed by atoms with Crippen molar-refractivity contribution in [3.8, 4) is 0 Å². The van der Waals surface area contributed by atoms with E-state index in [1.807, 2.05) is 0 Å². The summed E-state index contributed by atoms with van der Waals surface area (Å²) in [6.45, 7) is 4.93. The standard InChI is InChI=1S/C13H15ClN4O2S.CH4S/c1-8(2)21(19,20)13-11(5-4-6-15-13)18-12-10(14)7-16-9(3)17-12;1-2/h4-8H,1-3H3,(H,16,17,18);2H,1H3. The van der Waals surface area contributed by atoms with E-state index in [2.05, 4.69) is 32.9 Å². The molecule has 0 unspecified atom stereocenters. The van der Waals surface area contributed by atoms with E-state index in [0.717, 1.165) is 0 Å². The molecule has 2 heterocycles. The van der Waals surface area contributed by atoms with Gasteiger partial charge in [-0.05, 0) is 39.2 Å². The summed E-state index contributed by atoms with van der Waals surface area (Å²) in [7, 11) is -3.51. The Morgan fingerprint density at radius 2 is 1.91 bits per heavy atom. The molecule has 0 fully saturated rings. The highest BCUT2D eigenvalue weighted by Gasteiger charge is 2.24. The maximum absolute atomic E-state index is 12.3. The van der Waals surface area contributed by atoms with Gasteiger partial charge in [0.2, 0.25) is 0 Å². The van der Waals surface area contributed by atoms with E-state index in [1.165, 1.54) is 12.4 Å². The van der Waals surface area contributed by atoms with Crippen molar-refractivity contribution in [2.75, 3.05) is 11.6 Å². The van der Waals surface area contributed by atoms with Crippen LogP contribution in [0, 0.1) is 6.92 Å². The molecule has 0 amide bonds. The first kappa shape index (κ1) is 19.7. The SMILES string of the molecule is CS.Cc1ncc(Cl)c(Nc2cccnc2S(=O)(=O)C(C)C)n1. The minimum atomic E-state index is -3.51. The summed E-state index contributed by atoms with van der Waals surface area (Å²) >= 11 is 9.55. The Bertz CT molecular complexity index is 767. The van der Waals surface area contributed by atoms with Crippen LogP contribution in [0.3, 0.4) is 0 Å². The summed E-state index contributed by atoms with van der Waals surface area (Å²) in [6.07, 6.45) is 4.59. The van der Waals surface area contributed by atoms with Gasteiger partial charge in [-0.15, -0.1) is 0 Å². The molecule has 126 valence electrons. The van der Waals surface area contributed by atoms with Gasteiger partial charge in [-0.25, -0.2) is 23.4 Å². The fourth-order valence-corrected chi connectivity index (χ4v) is 2.82. The number of pyridine rings is 1. The number of anilines is 2. The largest absolute Gasteiger partial charge is 0.337 e. The van der Waals surface area contributed by atoms with Crippen LogP contribution in [0.4, 0.5) is 11.5 Å². The summed E-state index contributed by atoms with van der Waals surface area (Å²) in [5, 5.41) is 2.63. The maximum atomic E-state index is 12.3. The minimum absolute atomic E-state index is 0.0210. The van der Waals surface area contributed by atoms with Crippen molar-refractivity contribution in [1.29, 1.82) is 0 Å². The third-order valence-electron chi connectivity index (χ3n) is 2.78. The molecule has 23 heavy (non-hydrogen) atoms. The van der Waals surface area contributed by atoms with Crippen molar-refractivity contribution >= 4 is 45.6 Å². The van der Waals surface area contributed by atoms with Crippen molar-refractivity contribution in [2.45, 2.75) is 31.0 Å². The van der Waals surface area contributed by atoms with Crippen molar-refractivity contribution in [3.63, 3.8) is 0 Å². The van der Waals surface area contributed by atoms with Crippen molar-refractivity contribution < 1.29 is 8.42 Å². The van der Waals surface area contributed by atoms with E-state index >= 15 is 0 Å². The molecular weight excluding hydrogens is 356 g/mol. The lowest BCUT2D eigenvalue weighted by Crippen LogP contribution is -2.17. The molecule has 0 radical (unpaired) electrons. The lowest BCUT2D eigenvalue weighted by atomic mass is 10.4. The van der Waals surface area contributed by atoms with Gasteiger partial charge in [0.25, 0.3) is 0 Å². The molecular formula is C14H19ClN4O2S2. The molecule has 0 aromatic carbocycles. The molecule has 0 saturated carbocycles. The topological polar surface area (TPSA) is 84.8 Å². The zero-order valence-corrected chi connectivity index (χ0v) is 15.7. The third kappa shape index (κ3) is 4.79. The smallest absolute Gasteiger partial charge is 0.200 e. The normalized spacial score (nSPS) is 10.9. The summed E-state index contributed by atoms with van der Waals surface area (Å²) in [5.74, 6) is 0.872. The monoisotopic (exact) mass is 374 g/mol. The van der Waals surface area contributed by atoms with Gasteiger partial charge in [0.05, 0.1) is 17.1 Å². The Kier molecular flexibility index (Phi) is 7.24. The van der Waals surface area contributed by atoms with Crippen LogP contribution < -0.4 is 5.32 Å². The van der Waals surface area contributed by atoms with Gasteiger partial charge >= 0.3 is 0 Å². The van der Waals surface area contributed by atoms with E-state index < -0.39 is 15.1 Å². The molecule has 2 rings (SSSR count). The van der Waals surface area contributed by atoms with Crippen LogP contribution in [0.15, 0.2) is 29.6 Å². The summed E-state index contributed by atoms with van der Waals surface area (Å²) in [6, 6.07) is 3.26. The Morgan fingerprint density at radius 1 is 1.26 bits per heavy atom. The van der Waals surface area contributed by atoms with Gasteiger partial charge in [-0.1, -0.05) is 11.6 Å². The van der Waals surface area contributed by atoms with E-state index in [0.29, 0.717) is 22.4 Å². The lowest BCUT2D eigenvalue weighted by Gasteiger charge is -2.13. The predicted molar refractivity (Wildman–Crippen MR) is 96.5 cm³/mol. The second kappa shape index (κ2) is 8.47. The van der Waals surface area contributed by atoms with E-state index in [1.54, 1.807) is 39.2 Å². The van der Waals surface area contributed by atoms with Crippen molar-refractivity contribution in [3.05, 3.63) is 35.4 Å². The molecule has 0 aliphatic rings. The van der Waals surface area contributed by atoms with Crippen LogP contribution in [0.2, 0.25) is 5.02 Å². The molecule has 0 bridgehead atoms. The molecule has 0 atom stereocenters. The maximum Gasteiger partial charge on any atom is 0.200 e. The number of halogens is 1. The van der Waals surface area contributed by atoms with E-state index in [9.17, 15) is 8.42 Å². The summed E-state index contributed by atoms with van der Waals surface area (Å²) < 4.78 is 24.7. The van der Waals surface area contributed by atoms with Gasteiger partial charge in [0.15, 0.2) is 20.7 Å². The average molecular weight is 375 g/mol. The lowest BCUT2D eigenvalue weighted by molar-refractivity contribution is 0.584. The number of aromatic nitrogens is 3. The number of nitrogens with zero attached hydrogens (tertiary/aromatic N) is 3. The van der Waals surface area contributed by atoms with Gasteiger partial charge in [0, 0.05) is 6.20 Å². The first-order chi connectivity index (χ1) is 10.8. The number of hydrogen-bond donors (Lipinski definition) is 2. The fourth-order valence-electron chi connectivity index (χ4n) is 1.61. The molecule has 0 spiro atoms. The van der Waals surface area contributed by atoms with Crippen LogP contribution in [-0.4, -0.2) is 34.9 Å². The quantitative estimate of drug-likeness (QED) is 0.798. The highest BCUT2D eigenvalue weighted by Crippen LogP contribution is 2.27. The number of nitrogens with one attached hydrogen (secondary N) is 1. The van der Waals surface area contributed by atoms with Crippen molar-refractivity contribution in [2.24, 2.45) is 0 Å². The number of rotatable bonds is 4. The zero-order chi connectivity index (χ0) is 17.6. The fraction of sp³-hybridized carbons (Fsp3) is 0.357. The van der Waals surface area contributed by atoms with Gasteiger partial charge in [-0.2, -0.15) is 12.6 Å². The third-order valence-corrected chi connectivity index (χ3v) is 5.16. The number of thiol groups is 1. The Balaban J connectivity index is 0.00000127. The molecule has 0 saturated heterocycles. The average Bonchev–Trinajstić information content (AvgIpc) is 2.53. The number of hydrogen-bond acceptors (Lipinski definition) is 7. The summed E-state index contributed by atoms with van der Waals surface area (Å²) in [4.78, 5) is 12.1. The minimum Gasteiger partial charge on any atom is -0.337 e. The Morgan fingerprint density at radius 3 is 2.52 bits per heavy atom. The second-order valence-electron chi connectivity index (χ2n) is 4.69. The highest BCUT2D eigenvalue weighted by molar-refractivity contribution is 7.92. The van der Waals surface area contributed by atoms with Gasteiger partial charge in [0.1, 0.15) is 10.8 Å². The molecule has 2 aromatic rings. The van der Waals surface area contributed by atoms with E-state index in [-0.39, 0.29) is 5.03 Å². The number of sulfone groups is 1. The second-order valence-corrected chi connectivity index (χ2v) is 7.52. The predicted octanol–water partition coefficient (Wildman–Crippen LogP) is 3.31. The zero-order valence-electron chi connectivity index (χ0n) is 13.3.